The molecule has 1 N–H and O–H groups in total. The van der Waals surface area contributed by atoms with Crippen molar-refractivity contribution in [3.8, 4) is 12.3 Å². The Morgan fingerprint density at radius 2 is 2.14 bits per heavy atom. The van der Waals surface area contributed by atoms with Crippen LogP contribution in [0, 0.1) is 18.3 Å². The maximum absolute atomic E-state index is 5.33. The van der Waals surface area contributed by atoms with Crippen molar-refractivity contribution in [2.45, 2.75) is 25.9 Å². The first-order chi connectivity index (χ1) is 10.2. The fraction of sp³-hybridized carbons (Fsp3) is 0.556. The van der Waals surface area contributed by atoms with Gasteiger partial charge in [0.2, 0.25) is 0 Å². The maximum Gasteiger partial charge on any atom is 0.0545 e. The third-order valence-corrected chi connectivity index (χ3v) is 4.98. The summed E-state index contributed by atoms with van der Waals surface area (Å²) in [4.78, 5) is 2.64. The Morgan fingerprint density at radius 3 is 2.81 bits per heavy atom. The summed E-state index contributed by atoms with van der Waals surface area (Å²) in [5.41, 5.74) is 1.39. The van der Waals surface area contributed by atoms with E-state index in [0.717, 1.165) is 31.1 Å². The molecule has 1 aromatic rings. The average Bonchev–Trinajstić information content (AvgIpc) is 2.52. The number of thioether (sulfide) groups is 1. The molecule has 3 heteroatoms. The van der Waals surface area contributed by atoms with Crippen LogP contribution >= 0.6 is 11.8 Å². The van der Waals surface area contributed by atoms with Crippen molar-refractivity contribution < 1.29 is 0 Å². The van der Waals surface area contributed by atoms with Gasteiger partial charge in [0.25, 0.3) is 0 Å². The highest BCUT2D eigenvalue weighted by Crippen LogP contribution is 2.23. The van der Waals surface area contributed by atoms with Crippen LogP contribution < -0.4 is 5.32 Å². The molecule has 1 saturated heterocycles. The number of rotatable bonds is 6. The molecule has 2 atom stereocenters. The molecule has 0 radical (unpaired) electrons. The zero-order valence-corrected chi connectivity index (χ0v) is 13.9. The van der Waals surface area contributed by atoms with E-state index in [9.17, 15) is 0 Å². The van der Waals surface area contributed by atoms with Crippen molar-refractivity contribution in [3.05, 3.63) is 35.9 Å². The van der Waals surface area contributed by atoms with Crippen LogP contribution in [0.1, 0.15) is 25.5 Å². The first-order valence-electron chi connectivity index (χ1n) is 7.76. The molecule has 21 heavy (non-hydrogen) atoms. The molecule has 2 rings (SSSR count). The number of nitrogens with zero attached hydrogens (tertiary/aromatic N) is 1. The fourth-order valence-electron chi connectivity index (χ4n) is 2.96. The minimum atomic E-state index is 0.443. The molecular weight excluding hydrogens is 276 g/mol. The summed E-state index contributed by atoms with van der Waals surface area (Å²) in [6.45, 7) is 7.91. The largest absolute Gasteiger partial charge is 0.307 e. The van der Waals surface area contributed by atoms with Gasteiger partial charge in [0.15, 0.2) is 0 Å². The first kappa shape index (κ1) is 16.4. The topological polar surface area (TPSA) is 15.3 Å². The highest BCUT2D eigenvalue weighted by atomic mass is 32.2. The molecular formula is C18H26N2S. The molecule has 0 bridgehead atoms. The van der Waals surface area contributed by atoms with Gasteiger partial charge in [-0.05, 0) is 11.5 Å². The van der Waals surface area contributed by atoms with Crippen LogP contribution in [-0.4, -0.2) is 42.1 Å². The van der Waals surface area contributed by atoms with E-state index in [1.807, 2.05) is 11.8 Å². The third-order valence-electron chi connectivity index (χ3n) is 4.14. The van der Waals surface area contributed by atoms with E-state index in [1.54, 1.807) is 0 Å². The minimum absolute atomic E-state index is 0.443. The van der Waals surface area contributed by atoms with Crippen molar-refractivity contribution in [1.82, 2.24) is 10.2 Å². The van der Waals surface area contributed by atoms with Gasteiger partial charge in [-0.3, -0.25) is 4.90 Å². The van der Waals surface area contributed by atoms with Crippen molar-refractivity contribution >= 4 is 11.8 Å². The molecule has 0 saturated carbocycles. The third kappa shape index (κ3) is 4.78. The van der Waals surface area contributed by atoms with Gasteiger partial charge >= 0.3 is 0 Å². The number of benzene rings is 1. The van der Waals surface area contributed by atoms with Crippen LogP contribution in [0.25, 0.3) is 0 Å². The lowest BCUT2D eigenvalue weighted by Gasteiger charge is -2.42. The van der Waals surface area contributed by atoms with Crippen LogP contribution in [-0.2, 0) is 0 Å². The van der Waals surface area contributed by atoms with E-state index in [0.29, 0.717) is 18.0 Å². The van der Waals surface area contributed by atoms with Crippen LogP contribution in [0.3, 0.4) is 0 Å². The molecule has 1 aromatic carbocycles. The predicted molar refractivity (Wildman–Crippen MR) is 93.5 cm³/mol. The quantitative estimate of drug-likeness (QED) is 0.642. The molecule has 0 aliphatic carbocycles. The molecule has 0 amide bonds. The van der Waals surface area contributed by atoms with Crippen LogP contribution in [0.5, 0.6) is 0 Å². The lowest BCUT2D eigenvalue weighted by molar-refractivity contribution is 0.106. The summed E-state index contributed by atoms with van der Waals surface area (Å²) < 4.78 is 0. The summed E-state index contributed by atoms with van der Waals surface area (Å²) in [6, 6.07) is 11.8. The van der Waals surface area contributed by atoms with Crippen LogP contribution in [0.2, 0.25) is 0 Å². The number of nitrogens with one attached hydrogen (secondary N) is 1. The van der Waals surface area contributed by atoms with E-state index in [1.165, 1.54) is 5.56 Å². The number of piperazine rings is 1. The fourth-order valence-corrected chi connectivity index (χ4v) is 3.59. The average molecular weight is 302 g/mol. The molecule has 114 valence electrons. The highest BCUT2D eigenvalue weighted by molar-refractivity contribution is 7.99. The van der Waals surface area contributed by atoms with Gasteiger partial charge in [-0.1, -0.05) is 50.1 Å². The number of terminal acetylenes is 1. The highest BCUT2D eigenvalue weighted by Gasteiger charge is 2.29. The zero-order valence-electron chi connectivity index (χ0n) is 13.1. The lowest BCUT2D eigenvalue weighted by Crippen LogP contribution is -2.55. The van der Waals surface area contributed by atoms with Gasteiger partial charge in [-0.25, -0.2) is 0 Å². The predicted octanol–water partition coefficient (Wildman–Crippen LogP) is 3.02. The molecule has 0 aromatic heterocycles. The number of hydrogen-bond donors (Lipinski definition) is 1. The second kappa shape index (κ2) is 8.48. The summed E-state index contributed by atoms with van der Waals surface area (Å²) in [5.74, 6) is 5.32. The van der Waals surface area contributed by atoms with E-state index in [2.05, 4.69) is 60.3 Å². The minimum Gasteiger partial charge on any atom is -0.307 e. The Hall–Kier alpha value is -0.950. The maximum atomic E-state index is 5.33. The molecule has 2 nitrogen and oxygen atoms in total. The van der Waals surface area contributed by atoms with Crippen molar-refractivity contribution in [2.24, 2.45) is 5.92 Å². The Labute approximate surface area is 133 Å². The van der Waals surface area contributed by atoms with E-state index in [-0.39, 0.29) is 0 Å². The first-order valence-corrected chi connectivity index (χ1v) is 8.91. The summed E-state index contributed by atoms with van der Waals surface area (Å²) >= 11 is 1.86. The van der Waals surface area contributed by atoms with E-state index < -0.39 is 0 Å². The second-order valence-electron chi connectivity index (χ2n) is 5.93. The normalized spacial score (nSPS) is 23.1. The molecule has 2 unspecified atom stereocenters. The summed E-state index contributed by atoms with van der Waals surface area (Å²) in [7, 11) is 0. The van der Waals surface area contributed by atoms with Gasteiger partial charge in [-0.2, -0.15) is 0 Å². The molecule has 1 heterocycles. The smallest absolute Gasteiger partial charge is 0.0545 e. The van der Waals surface area contributed by atoms with Gasteiger partial charge < -0.3 is 5.32 Å². The Kier molecular flexibility index (Phi) is 6.63. The zero-order chi connectivity index (χ0) is 15.1. The van der Waals surface area contributed by atoms with Crippen LogP contribution in [0.15, 0.2) is 30.3 Å². The van der Waals surface area contributed by atoms with E-state index >= 15 is 0 Å². The van der Waals surface area contributed by atoms with Crippen molar-refractivity contribution in [2.75, 3.05) is 31.1 Å². The second-order valence-corrected chi connectivity index (χ2v) is 7.04. The van der Waals surface area contributed by atoms with Crippen molar-refractivity contribution in [3.63, 3.8) is 0 Å². The van der Waals surface area contributed by atoms with Gasteiger partial charge in [-0.15, -0.1) is 18.2 Å². The Balaban J connectivity index is 1.96. The summed E-state index contributed by atoms with van der Waals surface area (Å²) in [6.07, 6.45) is 5.33. The lowest BCUT2D eigenvalue weighted by atomic mass is 9.96. The Bertz CT molecular complexity index is 452. The van der Waals surface area contributed by atoms with E-state index in [4.69, 9.17) is 6.42 Å². The Morgan fingerprint density at radius 1 is 1.38 bits per heavy atom. The molecule has 1 fully saturated rings. The molecule has 0 spiro atoms. The number of hydrogen-bond acceptors (Lipinski definition) is 3. The van der Waals surface area contributed by atoms with Crippen molar-refractivity contribution in [1.29, 1.82) is 0 Å². The van der Waals surface area contributed by atoms with Crippen LogP contribution in [0.4, 0.5) is 0 Å². The van der Waals surface area contributed by atoms with Gasteiger partial charge in [0.1, 0.15) is 0 Å². The van der Waals surface area contributed by atoms with Gasteiger partial charge in [0, 0.05) is 37.5 Å². The monoisotopic (exact) mass is 302 g/mol. The molecule has 1 aliphatic heterocycles. The standard InChI is InChI=1S/C18H26N2S/c1-4-11-21-12-10-20-14-17(16-8-6-5-7-9-16)19-13-18(20)15(2)3/h1,5-9,15,17-19H,10-14H2,2-3H3. The SMILES string of the molecule is C#CCSCCN1CC(c2ccccc2)NCC1C(C)C. The summed E-state index contributed by atoms with van der Waals surface area (Å²) in [5, 5.41) is 3.72. The molecule has 1 aliphatic rings. The van der Waals surface area contributed by atoms with Gasteiger partial charge in [0.05, 0.1) is 5.75 Å².